The van der Waals surface area contributed by atoms with E-state index in [2.05, 4.69) is 10.1 Å². The summed E-state index contributed by atoms with van der Waals surface area (Å²) in [7, 11) is -3.00. The van der Waals surface area contributed by atoms with E-state index in [1.807, 2.05) is 20.8 Å². The van der Waals surface area contributed by atoms with Crippen LogP contribution in [0.3, 0.4) is 0 Å². The van der Waals surface area contributed by atoms with E-state index < -0.39 is 26.5 Å². The highest BCUT2D eigenvalue weighted by Gasteiger charge is 2.28. The van der Waals surface area contributed by atoms with Gasteiger partial charge < -0.3 is 10.1 Å². The molecule has 0 atom stereocenters. The van der Waals surface area contributed by atoms with Gasteiger partial charge in [-0.2, -0.15) is 0 Å². The van der Waals surface area contributed by atoms with Crippen LogP contribution < -0.4 is 5.32 Å². The maximum absolute atomic E-state index is 13.0. The van der Waals surface area contributed by atoms with Gasteiger partial charge in [-0.1, -0.05) is 32.9 Å². The molecule has 2 rings (SSSR count). The Morgan fingerprint density at radius 2 is 1.59 bits per heavy atom. The fourth-order valence-electron chi connectivity index (χ4n) is 2.30. The molecule has 144 valence electrons. The molecule has 5 nitrogen and oxygen atoms in total. The minimum absolute atomic E-state index is 0.0203. The van der Waals surface area contributed by atoms with Crippen molar-refractivity contribution in [3.8, 4) is 0 Å². The van der Waals surface area contributed by atoms with E-state index in [-0.39, 0.29) is 10.3 Å². The SMILES string of the molecule is COC(=O)/C(=C/Nc1ccc(F)cc1)S(=O)(=O)c1ccc(C(C)(C)C)cc1. The molecule has 0 aromatic heterocycles. The lowest BCUT2D eigenvalue weighted by molar-refractivity contribution is -0.135. The van der Waals surface area contributed by atoms with Crippen LogP contribution in [-0.2, 0) is 24.8 Å². The van der Waals surface area contributed by atoms with Crippen LogP contribution >= 0.6 is 0 Å². The summed E-state index contributed by atoms with van der Waals surface area (Å²) in [5.74, 6) is -1.42. The fraction of sp³-hybridized carbons (Fsp3) is 0.250. The predicted molar refractivity (Wildman–Crippen MR) is 102 cm³/mol. The number of nitrogens with one attached hydrogen (secondary N) is 1. The van der Waals surface area contributed by atoms with Gasteiger partial charge in [0, 0.05) is 11.9 Å². The number of esters is 1. The zero-order valence-electron chi connectivity index (χ0n) is 15.6. The fourth-order valence-corrected chi connectivity index (χ4v) is 3.57. The second kappa shape index (κ2) is 7.92. The van der Waals surface area contributed by atoms with Crippen molar-refractivity contribution >= 4 is 21.5 Å². The molecule has 7 heteroatoms. The third-order valence-electron chi connectivity index (χ3n) is 3.92. The van der Waals surface area contributed by atoms with Gasteiger partial charge in [-0.05, 0) is 47.4 Å². The molecule has 0 bridgehead atoms. The van der Waals surface area contributed by atoms with Crippen molar-refractivity contribution in [2.24, 2.45) is 0 Å². The van der Waals surface area contributed by atoms with E-state index >= 15 is 0 Å². The van der Waals surface area contributed by atoms with Gasteiger partial charge in [0.05, 0.1) is 12.0 Å². The Bertz CT molecular complexity index is 941. The zero-order chi connectivity index (χ0) is 20.2. The highest BCUT2D eigenvalue weighted by atomic mass is 32.2. The zero-order valence-corrected chi connectivity index (χ0v) is 16.4. The van der Waals surface area contributed by atoms with Crippen molar-refractivity contribution in [3.63, 3.8) is 0 Å². The van der Waals surface area contributed by atoms with Crippen LogP contribution in [-0.4, -0.2) is 21.5 Å². The average Bonchev–Trinajstić information content (AvgIpc) is 2.62. The predicted octanol–water partition coefficient (Wildman–Crippen LogP) is 4.02. The number of rotatable bonds is 5. The Hall–Kier alpha value is -2.67. The smallest absolute Gasteiger partial charge is 0.351 e. The van der Waals surface area contributed by atoms with Crippen LogP contribution in [0.15, 0.2) is 64.5 Å². The Balaban J connectivity index is 2.40. The molecule has 0 aliphatic heterocycles. The van der Waals surface area contributed by atoms with E-state index in [4.69, 9.17) is 0 Å². The minimum Gasteiger partial charge on any atom is -0.465 e. The van der Waals surface area contributed by atoms with E-state index in [9.17, 15) is 17.6 Å². The van der Waals surface area contributed by atoms with Crippen LogP contribution in [0.25, 0.3) is 0 Å². The van der Waals surface area contributed by atoms with Crippen molar-refractivity contribution < 1.29 is 22.3 Å². The standard InChI is InChI=1S/C20H22FNO4S/c1-20(2,3)14-5-11-17(12-6-14)27(24,25)18(19(23)26-4)13-22-16-9-7-15(21)8-10-16/h5-13,22H,1-4H3/b18-13-. The van der Waals surface area contributed by atoms with Crippen molar-refractivity contribution in [3.05, 3.63) is 71.0 Å². The normalized spacial score (nSPS) is 12.6. The molecule has 2 aromatic carbocycles. The summed E-state index contributed by atoms with van der Waals surface area (Å²) < 4.78 is 43.4. The molecule has 0 saturated carbocycles. The second-order valence-corrected chi connectivity index (χ2v) is 8.85. The molecule has 0 amide bonds. The molecule has 0 aliphatic carbocycles. The molecule has 1 N–H and O–H groups in total. The topological polar surface area (TPSA) is 72.5 Å². The summed E-state index contributed by atoms with van der Waals surface area (Å²) in [5.41, 5.74) is 1.26. The summed E-state index contributed by atoms with van der Waals surface area (Å²) in [6.07, 6.45) is 1.05. The number of hydrogen-bond acceptors (Lipinski definition) is 5. The van der Waals surface area contributed by atoms with E-state index in [1.54, 1.807) is 12.1 Å². The number of carbonyl (C=O) groups excluding carboxylic acids is 1. The molecule has 27 heavy (non-hydrogen) atoms. The first-order valence-corrected chi connectivity index (χ1v) is 9.70. The summed E-state index contributed by atoms with van der Waals surface area (Å²) in [6.45, 7) is 6.05. The van der Waals surface area contributed by atoms with Crippen molar-refractivity contribution in [2.45, 2.75) is 31.1 Å². The Labute approximate surface area is 158 Å². The first-order chi connectivity index (χ1) is 12.6. The number of benzene rings is 2. The molecule has 0 aliphatic rings. The van der Waals surface area contributed by atoms with Gasteiger partial charge >= 0.3 is 5.97 Å². The third-order valence-corrected chi connectivity index (χ3v) is 5.68. The van der Waals surface area contributed by atoms with Crippen LogP contribution in [0.4, 0.5) is 10.1 Å². The molecule has 0 fully saturated rings. The average molecular weight is 391 g/mol. The molecular formula is C20H22FNO4S. The number of hydrogen-bond donors (Lipinski definition) is 1. The monoisotopic (exact) mass is 391 g/mol. The highest BCUT2D eigenvalue weighted by Crippen LogP contribution is 2.26. The summed E-state index contributed by atoms with van der Waals surface area (Å²) >= 11 is 0. The highest BCUT2D eigenvalue weighted by molar-refractivity contribution is 7.96. The summed E-state index contributed by atoms with van der Waals surface area (Å²) in [5, 5.41) is 2.69. The molecule has 0 radical (unpaired) electrons. The van der Waals surface area contributed by atoms with Gasteiger partial charge in [0.25, 0.3) is 0 Å². The Morgan fingerprint density at radius 1 is 1.04 bits per heavy atom. The number of carbonyl (C=O) groups is 1. The summed E-state index contributed by atoms with van der Waals surface area (Å²) in [4.78, 5) is 11.5. The van der Waals surface area contributed by atoms with Crippen LogP contribution in [0.5, 0.6) is 0 Å². The van der Waals surface area contributed by atoms with Crippen molar-refractivity contribution in [2.75, 3.05) is 12.4 Å². The van der Waals surface area contributed by atoms with Crippen molar-refractivity contribution in [1.82, 2.24) is 0 Å². The first-order valence-electron chi connectivity index (χ1n) is 8.22. The minimum atomic E-state index is -4.10. The quantitative estimate of drug-likeness (QED) is 0.616. The van der Waals surface area contributed by atoms with Gasteiger partial charge in [-0.15, -0.1) is 0 Å². The molecular weight excluding hydrogens is 369 g/mol. The molecule has 2 aromatic rings. The van der Waals surface area contributed by atoms with Crippen LogP contribution in [0, 0.1) is 5.82 Å². The van der Waals surface area contributed by atoms with Crippen molar-refractivity contribution in [1.29, 1.82) is 0 Å². The number of halogens is 1. The largest absolute Gasteiger partial charge is 0.465 e. The second-order valence-electron chi connectivity index (χ2n) is 6.93. The number of anilines is 1. The molecule has 0 spiro atoms. The van der Waals surface area contributed by atoms with Gasteiger partial charge in [0.15, 0.2) is 4.91 Å². The maximum atomic E-state index is 13.0. The van der Waals surface area contributed by atoms with E-state index in [0.717, 1.165) is 18.9 Å². The molecule has 0 unspecified atom stereocenters. The lowest BCUT2D eigenvalue weighted by Crippen LogP contribution is -2.17. The van der Waals surface area contributed by atoms with Gasteiger partial charge in [-0.25, -0.2) is 17.6 Å². The third kappa shape index (κ3) is 4.95. The van der Waals surface area contributed by atoms with Gasteiger partial charge in [0.1, 0.15) is 5.82 Å². The van der Waals surface area contributed by atoms with Gasteiger partial charge in [0.2, 0.25) is 9.84 Å². The number of methoxy groups -OCH3 is 1. The first kappa shape index (κ1) is 20.6. The Kier molecular flexibility index (Phi) is 6.05. The Morgan fingerprint density at radius 3 is 2.07 bits per heavy atom. The lowest BCUT2D eigenvalue weighted by atomic mass is 9.87. The van der Waals surface area contributed by atoms with Crippen LogP contribution in [0.1, 0.15) is 26.3 Å². The number of sulfone groups is 1. The molecule has 0 saturated heterocycles. The van der Waals surface area contributed by atoms with Crippen LogP contribution in [0.2, 0.25) is 0 Å². The van der Waals surface area contributed by atoms with E-state index in [0.29, 0.717) is 5.69 Å². The van der Waals surface area contributed by atoms with E-state index in [1.165, 1.54) is 36.4 Å². The number of ether oxygens (including phenoxy) is 1. The molecule has 0 heterocycles. The van der Waals surface area contributed by atoms with Gasteiger partial charge in [-0.3, -0.25) is 0 Å². The summed E-state index contributed by atoms with van der Waals surface area (Å²) in [6, 6.07) is 11.6. The lowest BCUT2D eigenvalue weighted by Gasteiger charge is -2.19. The maximum Gasteiger partial charge on any atom is 0.351 e.